The third-order valence-electron chi connectivity index (χ3n) is 4.50. The molecule has 2 unspecified atom stereocenters. The molecule has 24 heavy (non-hydrogen) atoms. The molecular formula is C20H22N2O2. The highest BCUT2D eigenvalue weighted by Crippen LogP contribution is 2.25. The first-order valence-electron chi connectivity index (χ1n) is 8.37. The molecule has 1 N–H and O–H groups in total. The topological polar surface area (TPSA) is 49.4 Å². The molecule has 1 saturated heterocycles. The highest BCUT2D eigenvalue weighted by molar-refractivity contribution is 6.22. The van der Waals surface area contributed by atoms with Gasteiger partial charge in [-0.05, 0) is 36.6 Å². The average molecular weight is 322 g/mol. The Morgan fingerprint density at radius 2 is 1.75 bits per heavy atom. The van der Waals surface area contributed by atoms with Gasteiger partial charge in [0, 0.05) is 6.04 Å². The summed E-state index contributed by atoms with van der Waals surface area (Å²) in [6.07, 6.45) is 1.13. The van der Waals surface area contributed by atoms with Gasteiger partial charge < -0.3 is 0 Å². The number of nitrogens with zero attached hydrogens (tertiary/aromatic N) is 1. The van der Waals surface area contributed by atoms with Crippen LogP contribution in [0.1, 0.15) is 37.4 Å². The maximum atomic E-state index is 12.7. The first-order valence-corrected chi connectivity index (χ1v) is 8.37. The summed E-state index contributed by atoms with van der Waals surface area (Å²) in [6.45, 7) is 4.08. The smallest absolute Gasteiger partial charge is 0.251 e. The number of carbonyl (C=O) groups is 2. The molecule has 124 valence electrons. The van der Waals surface area contributed by atoms with Gasteiger partial charge in [0.05, 0.1) is 18.2 Å². The summed E-state index contributed by atoms with van der Waals surface area (Å²) in [5, 5.41) is 3.29. The lowest BCUT2D eigenvalue weighted by Crippen LogP contribution is -2.39. The molecule has 0 bridgehead atoms. The van der Waals surface area contributed by atoms with Crippen molar-refractivity contribution >= 4 is 17.5 Å². The molecule has 0 radical (unpaired) electrons. The van der Waals surface area contributed by atoms with Crippen molar-refractivity contribution in [3.05, 3.63) is 65.7 Å². The second kappa shape index (κ2) is 6.97. The largest absolute Gasteiger partial charge is 0.299 e. The van der Waals surface area contributed by atoms with Crippen LogP contribution in [0, 0.1) is 0 Å². The molecule has 2 atom stereocenters. The Kier molecular flexibility index (Phi) is 4.76. The van der Waals surface area contributed by atoms with Gasteiger partial charge in [-0.15, -0.1) is 0 Å². The predicted molar refractivity (Wildman–Crippen MR) is 94.7 cm³/mol. The zero-order valence-corrected chi connectivity index (χ0v) is 14.0. The quantitative estimate of drug-likeness (QED) is 0.860. The van der Waals surface area contributed by atoms with Crippen LogP contribution in [-0.4, -0.2) is 17.9 Å². The van der Waals surface area contributed by atoms with Crippen LogP contribution >= 0.6 is 0 Å². The van der Waals surface area contributed by atoms with Crippen molar-refractivity contribution in [2.45, 2.75) is 38.8 Å². The summed E-state index contributed by atoms with van der Waals surface area (Å²) in [6, 6.07) is 17.1. The third-order valence-corrected chi connectivity index (χ3v) is 4.50. The maximum absolute atomic E-state index is 12.7. The van der Waals surface area contributed by atoms with E-state index < -0.39 is 6.04 Å². The lowest BCUT2D eigenvalue weighted by molar-refractivity contribution is -0.121. The Labute approximate surface area is 142 Å². The van der Waals surface area contributed by atoms with Crippen LogP contribution in [0.25, 0.3) is 0 Å². The number of nitrogens with one attached hydrogen (secondary N) is 1. The van der Waals surface area contributed by atoms with Gasteiger partial charge in [0.1, 0.15) is 0 Å². The Morgan fingerprint density at radius 3 is 2.38 bits per heavy atom. The Morgan fingerprint density at radius 1 is 1.08 bits per heavy atom. The van der Waals surface area contributed by atoms with Crippen LogP contribution in [-0.2, 0) is 16.0 Å². The minimum Gasteiger partial charge on any atom is -0.299 e. The summed E-state index contributed by atoms with van der Waals surface area (Å²) in [5.74, 6) is -0.325. The van der Waals surface area contributed by atoms with Gasteiger partial charge >= 0.3 is 0 Å². The van der Waals surface area contributed by atoms with E-state index in [1.54, 1.807) is 0 Å². The van der Waals surface area contributed by atoms with Gasteiger partial charge in [0.2, 0.25) is 5.91 Å². The number of amides is 2. The fourth-order valence-electron chi connectivity index (χ4n) is 3.05. The van der Waals surface area contributed by atoms with Gasteiger partial charge in [-0.2, -0.15) is 0 Å². The van der Waals surface area contributed by atoms with Crippen LogP contribution in [0.2, 0.25) is 0 Å². The van der Waals surface area contributed by atoms with Crippen molar-refractivity contribution in [2.75, 3.05) is 4.90 Å². The van der Waals surface area contributed by atoms with Crippen molar-refractivity contribution < 1.29 is 9.59 Å². The summed E-state index contributed by atoms with van der Waals surface area (Å²) in [4.78, 5) is 26.3. The molecule has 1 heterocycles. The molecule has 1 aliphatic rings. The van der Waals surface area contributed by atoms with Crippen LogP contribution in [0.3, 0.4) is 0 Å². The van der Waals surface area contributed by atoms with E-state index in [1.807, 2.05) is 61.5 Å². The molecule has 0 saturated carbocycles. The van der Waals surface area contributed by atoms with Gasteiger partial charge in [0.15, 0.2) is 0 Å². The highest BCUT2D eigenvalue weighted by atomic mass is 16.2. The number of carbonyl (C=O) groups excluding carboxylic acids is 2. The molecule has 2 amide bonds. The van der Waals surface area contributed by atoms with Crippen molar-refractivity contribution in [3.8, 4) is 0 Å². The minimum atomic E-state index is -0.474. The molecule has 2 aromatic rings. The van der Waals surface area contributed by atoms with E-state index >= 15 is 0 Å². The molecule has 3 rings (SSSR count). The van der Waals surface area contributed by atoms with Crippen LogP contribution in [0.4, 0.5) is 5.69 Å². The SMILES string of the molecule is CCc1ccc(N2C(=O)CC(NC(C)c3ccccc3)C2=O)cc1. The first-order chi connectivity index (χ1) is 11.6. The molecule has 0 aliphatic carbocycles. The number of hydrogen-bond acceptors (Lipinski definition) is 3. The standard InChI is InChI=1S/C20H22N2O2/c1-3-15-9-11-17(12-10-15)22-19(23)13-18(20(22)24)21-14(2)16-7-5-4-6-8-16/h4-12,14,18,21H,3,13H2,1-2H3. The van der Waals surface area contributed by atoms with Crippen molar-refractivity contribution in [1.82, 2.24) is 5.32 Å². The molecule has 4 nitrogen and oxygen atoms in total. The van der Waals surface area contributed by atoms with E-state index in [-0.39, 0.29) is 24.3 Å². The van der Waals surface area contributed by atoms with Gasteiger partial charge in [0.25, 0.3) is 5.91 Å². The number of benzene rings is 2. The van der Waals surface area contributed by atoms with E-state index in [0.717, 1.165) is 12.0 Å². The highest BCUT2D eigenvalue weighted by Gasteiger charge is 2.39. The predicted octanol–water partition coefficient (Wildman–Crippen LogP) is 3.23. The van der Waals surface area contributed by atoms with E-state index in [1.165, 1.54) is 10.5 Å². The van der Waals surface area contributed by atoms with Crippen molar-refractivity contribution in [2.24, 2.45) is 0 Å². The first kappa shape index (κ1) is 16.4. The monoisotopic (exact) mass is 322 g/mol. The molecular weight excluding hydrogens is 300 g/mol. The lowest BCUT2D eigenvalue weighted by atomic mass is 10.1. The fraction of sp³-hybridized carbons (Fsp3) is 0.300. The van der Waals surface area contributed by atoms with Crippen molar-refractivity contribution in [3.63, 3.8) is 0 Å². The van der Waals surface area contributed by atoms with Crippen LogP contribution < -0.4 is 10.2 Å². The second-order valence-electron chi connectivity index (χ2n) is 6.14. The molecule has 4 heteroatoms. The van der Waals surface area contributed by atoms with E-state index in [0.29, 0.717) is 5.69 Å². The van der Waals surface area contributed by atoms with Gasteiger partial charge in [-0.1, -0.05) is 49.4 Å². The molecule has 1 fully saturated rings. The van der Waals surface area contributed by atoms with E-state index in [9.17, 15) is 9.59 Å². The van der Waals surface area contributed by atoms with Gasteiger partial charge in [-0.3, -0.25) is 14.9 Å². The van der Waals surface area contributed by atoms with Crippen LogP contribution in [0.5, 0.6) is 0 Å². The Balaban J connectivity index is 1.74. The average Bonchev–Trinajstić information content (AvgIpc) is 2.89. The Hall–Kier alpha value is -2.46. The molecule has 0 spiro atoms. The fourth-order valence-corrected chi connectivity index (χ4v) is 3.05. The third kappa shape index (κ3) is 3.24. The second-order valence-corrected chi connectivity index (χ2v) is 6.14. The summed E-state index contributed by atoms with van der Waals surface area (Å²) in [7, 11) is 0. The maximum Gasteiger partial charge on any atom is 0.251 e. The lowest BCUT2D eigenvalue weighted by Gasteiger charge is -2.19. The number of imide groups is 1. The molecule has 0 aromatic heterocycles. The van der Waals surface area contributed by atoms with Gasteiger partial charge in [-0.25, -0.2) is 4.90 Å². The molecule has 2 aromatic carbocycles. The zero-order chi connectivity index (χ0) is 17.1. The van der Waals surface area contributed by atoms with Crippen LogP contribution in [0.15, 0.2) is 54.6 Å². The summed E-state index contributed by atoms with van der Waals surface area (Å²) < 4.78 is 0. The number of rotatable bonds is 5. The number of aryl methyl sites for hydroxylation is 1. The summed E-state index contributed by atoms with van der Waals surface area (Å²) in [5.41, 5.74) is 2.94. The van der Waals surface area contributed by atoms with E-state index in [2.05, 4.69) is 12.2 Å². The van der Waals surface area contributed by atoms with Crippen molar-refractivity contribution in [1.29, 1.82) is 0 Å². The van der Waals surface area contributed by atoms with E-state index in [4.69, 9.17) is 0 Å². The minimum absolute atomic E-state index is 0.00960. The normalized spacial score (nSPS) is 18.9. The molecule has 1 aliphatic heterocycles. The number of hydrogen-bond donors (Lipinski definition) is 1. The zero-order valence-electron chi connectivity index (χ0n) is 14.0. The number of anilines is 1. The summed E-state index contributed by atoms with van der Waals surface area (Å²) >= 11 is 0. The Bertz CT molecular complexity index is 725.